The van der Waals surface area contributed by atoms with Crippen molar-refractivity contribution in [3.05, 3.63) is 0 Å². The first-order valence-corrected chi connectivity index (χ1v) is 7.97. The van der Waals surface area contributed by atoms with Crippen LogP contribution >= 0.6 is 0 Å². The van der Waals surface area contributed by atoms with E-state index in [9.17, 15) is 0 Å². The van der Waals surface area contributed by atoms with Gasteiger partial charge in [-0.3, -0.25) is 0 Å². The molecule has 1 heterocycles. The molecule has 0 saturated carbocycles. The average molecular weight is 249 g/mol. The van der Waals surface area contributed by atoms with Gasteiger partial charge in [-0.25, -0.2) is 0 Å². The number of rotatable bonds is 6. The second kappa shape index (κ2) is 7.61. The quantitative estimate of drug-likeness (QED) is 0.669. The monoisotopic (exact) mass is 249 g/mol. The lowest BCUT2D eigenvalue weighted by Gasteiger charge is -2.53. The molecule has 0 bridgehead atoms. The molecule has 0 spiro atoms. The Morgan fingerprint density at radius 1 is 0.500 bits per heavy atom. The molecule has 1 fully saturated rings. The molecule has 1 rings (SSSR count). The van der Waals surface area contributed by atoms with Crippen LogP contribution in [0.1, 0.15) is 41.5 Å². The Morgan fingerprint density at radius 3 is 0.833 bits per heavy atom. The molecular weight excluding hydrogens is 219 g/mol. The Labute approximate surface area is 116 Å². The van der Waals surface area contributed by atoms with Crippen LogP contribution < -0.4 is 0 Å². The summed E-state index contributed by atoms with van der Waals surface area (Å²) in [5.41, 5.74) is 0. The van der Waals surface area contributed by atoms with Crippen molar-refractivity contribution >= 4 is 20.9 Å². The van der Waals surface area contributed by atoms with E-state index < -0.39 is 0 Å². The zero-order valence-electron chi connectivity index (χ0n) is 13.3. The fourth-order valence-electron chi connectivity index (χ4n) is 3.84. The summed E-state index contributed by atoms with van der Waals surface area (Å²) in [7, 11) is 0. The van der Waals surface area contributed by atoms with Crippen molar-refractivity contribution in [3.63, 3.8) is 0 Å². The summed E-state index contributed by atoms with van der Waals surface area (Å²) in [5.74, 6) is 0. The van der Waals surface area contributed by atoms with Gasteiger partial charge < -0.3 is 14.2 Å². The predicted octanol–water partition coefficient (Wildman–Crippen LogP) is 2.49. The number of hydrogen-bond acceptors (Lipinski definition) is 3. The summed E-state index contributed by atoms with van der Waals surface area (Å²) in [4.78, 5) is 0. The molecule has 0 aliphatic carbocycles. The molecule has 3 nitrogen and oxygen atoms in total. The molecule has 102 valence electrons. The summed E-state index contributed by atoms with van der Waals surface area (Å²) in [6.07, 6.45) is 3.69. The molecule has 18 heavy (non-hydrogen) atoms. The van der Waals surface area contributed by atoms with E-state index in [1.54, 1.807) is 0 Å². The molecule has 0 radical (unpaired) electrons. The van der Waals surface area contributed by atoms with Crippen LogP contribution in [0.25, 0.3) is 0 Å². The van der Waals surface area contributed by atoms with Crippen molar-refractivity contribution in [2.45, 2.75) is 60.5 Å². The van der Waals surface area contributed by atoms with Gasteiger partial charge in [-0.05, 0) is 38.6 Å². The van der Waals surface area contributed by atoms with Gasteiger partial charge in [0.25, 0.3) is 20.9 Å². The molecule has 6 heteroatoms. The first-order valence-electron chi connectivity index (χ1n) is 7.97. The smallest absolute Gasteiger partial charge is 0.289 e. The van der Waals surface area contributed by atoms with Gasteiger partial charge in [-0.1, -0.05) is 41.5 Å². The van der Waals surface area contributed by atoms with Gasteiger partial charge in [-0.15, -0.1) is 0 Å². The highest BCUT2D eigenvalue weighted by atomic mass is 15.3. The van der Waals surface area contributed by atoms with Crippen molar-refractivity contribution in [1.82, 2.24) is 14.2 Å². The van der Waals surface area contributed by atoms with Crippen LogP contribution in [0.2, 0.25) is 19.0 Å². The van der Waals surface area contributed by atoms with E-state index in [-0.39, 0.29) is 0 Å². The molecule has 0 aromatic rings. The zero-order chi connectivity index (χ0) is 13.7. The van der Waals surface area contributed by atoms with Crippen LogP contribution in [-0.4, -0.2) is 54.7 Å². The fraction of sp³-hybridized carbons (Fsp3) is 1.00. The summed E-state index contributed by atoms with van der Waals surface area (Å²) in [6, 6.07) is 0. The van der Waals surface area contributed by atoms with Gasteiger partial charge in [0.15, 0.2) is 0 Å². The van der Waals surface area contributed by atoms with Gasteiger partial charge in [-0.2, -0.15) is 0 Å². The third-order valence-electron chi connectivity index (χ3n) is 4.49. The average Bonchev–Trinajstić information content (AvgIpc) is 2.43. The van der Waals surface area contributed by atoms with Gasteiger partial charge in [0.1, 0.15) is 0 Å². The highest BCUT2D eigenvalue weighted by Gasteiger charge is 2.48. The predicted molar refractivity (Wildman–Crippen MR) is 85.8 cm³/mol. The Bertz CT molecular complexity index is 169. The van der Waals surface area contributed by atoms with Crippen LogP contribution in [0.15, 0.2) is 0 Å². The second-order valence-corrected chi connectivity index (χ2v) is 5.16. The highest BCUT2D eigenvalue weighted by Crippen LogP contribution is 2.24. The Kier molecular flexibility index (Phi) is 6.82. The topological polar surface area (TPSA) is 9.72 Å². The maximum Gasteiger partial charge on any atom is 0.289 e. The van der Waals surface area contributed by atoms with Crippen LogP contribution in [0.3, 0.4) is 0 Å². The van der Waals surface area contributed by atoms with E-state index >= 15 is 0 Å². The first-order chi connectivity index (χ1) is 8.69. The molecule has 0 N–H and O–H groups in total. The minimum Gasteiger partial charge on any atom is -0.357 e. The maximum absolute atomic E-state index is 2.69. The van der Waals surface area contributed by atoms with Gasteiger partial charge in [0.05, 0.1) is 0 Å². The normalized spacial score (nSPS) is 20.0. The maximum atomic E-state index is 2.69. The van der Waals surface area contributed by atoms with E-state index in [1.807, 2.05) is 0 Å². The van der Waals surface area contributed by atoms with E-state index in [0.717, 1.165) is 19.6 Å². The Morgan fingerprint density at radius 2 is 0.722 bits per heavy atom. The molecule has 1 aliphatic heterocycles. The van der Waals surface area contributed by atoms with Crippen LogP contribution in [0.5, 0.6) is 0 Å². The van der Waals surface area contributed by atoms with E-state index in [0.29, 0.717) is 20.9 Å². The van der Waals surface area contributed by atoms with Crippen molar-refractivity contribution in [1.29, 1.82) is 0 Å². The zero-order valence-corrected chi connectivity index (χ0v) is 13.3. The summed E-state index contributed by atoms with van der Waals surface area (Å²) >= 11 is 0. The molecule has 0 aromatic heterocycles. The Balaban J connectivity index is 3.06. The molecule has 1 aliphatic rings. The standard InChI is InChI=1S/C12H30B3N3/c1-7-13-16(10-4)14(8-2)18(12-6)15(9-3)17(13)11-5/h7-12H2,1-6H3. The summed E-state index contributed by atoms with van der Waals surface area (Å²) in [6.45, 7) is 19.2. The minimum absolute atomic E-state index is 0.623. The molecule has 0 unspecified atom stereocenters. The largest absolute Gasteiger partial charge is 0.357 e. The third-order valence-corrected chi connectivity index (χ3v) is 4.49. The molecule has 1 saturated heterocycles. The minimum atomic E-state index is 0.623. The summed E-state index contributed by atoms with van der Waals surface area (Å²) in [5, 5.41) is 0. The first kappa shape index (κ1) is 16.1. The van der Waals surface area contributed by atoms with Gasteiger partial charge in [0.2, 0.25) is 0 Å². The van der Waals surface area contributed by atoms with Crippen molar-refractivity contribution < 1.29 is 0 Å². The lowest BCUT2D eigenvalue weighted by molar-refractivity contribution is 0.447. The van der Waals surface area contributed by atoms with Crippen molar-refractivity contribution in [2.75, 3.05) is 19.6 Å². The van der Waals surface area contributed by atoms with E-state index in [1.165, 1.54) is 19.0 Å². The summed E-state index contributed by atoms with van der Waals surface area (Å²) < 4.78 is 8.08. The lowest BCUT2D eigenvalue weighted by atomic mass is 9.40. The van der Waals surface area contributed by atoms with E-state index in [4.69, 9.17) is 0 Å². The van der Waals surface area contributed by atoms with Crippen LogP contribution in [0, 0.1) is 0 Å². The SMILES string of the molecule is CCB1N(CC)B(CC)N(CC)B(CC)N1CC. The molecule has 0 amide bonds. The van der Waals surface area contributed by atoms with E-state index in [2.05, 4.69) is 55.7 Å². The van der Waals surface area contributed by atoms with Crippen LogP contribution in [0.4, 0.5) is 0 Å². The molecule has 0 atom stereocenters. The molecule has 0 aromatic carbocycles. The number of hydrogen-bond donors (Lipinski definition) is 0. The number of nitrogens with zero attached hydrogens (tertiary/aromatic N) is 3. The van der Waals surface area contributed by atoms with Crippen LogP contribution in [-0.2, 0) is 0 Å². The molecular formula is C12H30B3N3. The van der Waals surface area contributed by atoms with Gasteiger partial charge in [0, 0.05) is 0 Å². The van der Waals surface area contributed by atoms with Crippen molar-refractivity contribution in [2.24, 2.45) is 0 Å². The second-order valence-electron chi connectivity index (χ2n) is 5.16. The highest BCUT2D eigenvalue weighted by molar-refractivity contribution is 6.86. The third kappa shape index (κ3) is 2.81. The Hall–Kier alpha value is 0.0748. The lowest BCUT2D eigenvalue weighted by Crippen LogP contribution is -2.76. The fourth-order valence-corrected chi connectivity index (χ4v) is 3.84. The van der Waals surface area contributed by atoms with Gasteiger partial charge >= 0.3 is 0 Å². The van der Waals surface area contributed by atoms with Crippen molar-refractivity contribution in [3.8, 4) is 0 Å².